The largest absolute Gasteiger partial charge is 0.391 e. The summed E-state index contributed by atoms with van der Waals surface area (Å²) in [6.45, 7) is 2.11. The normalized spacial score (nSPS) is 24.8. The van der Waals surface area contributed by atoms with Crippen LogP contribution in [0.3, 0.4) is 0 Å². The van der Waals surface area contributed by atoms with E-state index in [-0.39, 0.29) is 18.8 Å². The lowest BCUT2D eigenvalue weighted by molar-refractivity contribution is -0.185. The van der Waals surface area contributed by atoms with Gasteiger partial charge in [0.25, 0.3) is 0 Å². The monoisotopic (exact) mass is 300 g/mol. The Morgan fingerprint density at radius 2 is 1.67 bits per heavy atom. The first-order chi connectivity index (χ1) is 9.91. The fraction of sp³-hybridized carbons (Fsp3) is 0.647. The zero-order chi connectivity index (χ0) is 15.5. The maximum Gasteiger partial charge on any atom is 0.391 e. The lowest BCUT2D eigenvalue weighted by Gasteiger charge is -2.32. The van der Waals surface area contributed by atoms with Crippen molar-refractivity contribution in [1.82, 2.24) is 0 Å². The molecule has 1 aromatic rings. The minimum Gasteiger partial charge on any atom is -0.388 e. The van der Waals surface area contributed by atoms with Gasteiger partial charge in [-0.3, -0.25) is 0 Å². The molecule has 0 bridgehead atoms. The summed E-state index contributed by atoms with van der Waals surface area (Å²) in [6.07, 6.45) is -1.48. The Kier molecular flexibility index (Phi) is 5.31. The second kappa shape index (κ2) is 6.82. The van der Waals surface area contributed by atoms with Crippen LogP contribution in [0.5, 0.6) is 0 Å². The van der Waals surface area contributed by atoms with Gasteiger partial charge in [0.15, 0.2) is 0 Å². The number of aryl methyl sites for hydroxylation is 1. The van der Waals surface area contributed by atoms with Crippen LogP contribution in [0, 0.1) is 11.8 Å². The fourth-order valence-corrected chi connectivity index (χ4v) is 3.20. The zero-order valence-electron chi connectivity index (χ0n) is 12.4. The van der Waals surface area contributed by atoms with Crippen molar-refractivity contribution in [2.24, 2.45) is 11.8 Å². The van der Waals surface area contributed by atoms with Crippen LogP contribution >= 0.6 is 0 Å². The van der Waals surface area contributed by atoms with Crippen molar-refractivity contribution >= 4 is 0 Å². The number of aliphatic hydroxyl groups is 1. The summed E-state index contributed by atoms with van der Waals surface area (Å²) in [7, 11) is 0. The first-order valence-electron chi connectivity index (χ1n) is 7.75. The Bertz CT molecular complexity index is 430. The summed E-state index contributed by atoms with van der Waals surface area (Å²) >= 11 is 0. The van der Waals surface area contributed by atoms with Crippen molar-refractivity contribution in [2.75, 3.05) is 0 Å². The predicted molar refractivity (Wildman–Crippen MR) is 76.9 cm³/mol. The standard InChI is InChI=1S/C17H23F3O/c1-2-3-12-4-6-13(7-5-12)16(21)14-8-10-15(11-9-14)17(18,19)20/h4-7,14-16,21H,2-3,8-11H2,1H3. The van der Waals surface area contributed by atoms with Crippen LogP contribution in [0.2, 0.25) is 0 Å². The highest BCUT2D eigenvalue weighted by molar-refractivity contribution is 5.24. The van der Waals surface area contributed by atoms with Gasteiger partial charge in [0.1, 0.15) is 0 Å². The lowest BCUT2D eigenvalue weighted by atomic mass is 9.77. The van der Waals surface area contributed by atoms with Crippen molar-refractivity contribution in [1.29, 1.82) is 0 Å². The van der Waals surface area contributed by atoms with Gasteiger partial charge in [0.05, 0.1) is 12.0 Å². The number of aliphatic hydroxyl groups excluding tert-OH is 1. The van der Waals surface area contributed by atoms with Crippen LogP contribution in [-0.2, 0) is 6.42 Å². The molecule has 0 heterocycles. The molecule has 1 atom stereocenters. The first-order valence-corrected chi connectivity index (χ1v) is 7.75. The van der Waals surface area contributed by atoms with Gasteiger partial charge < -0.3 is 5.11 Å². The number of alkyl halides is 3. The zero-order valence-corrected chi connectivity index (χ0v) is 12.4. The molecule has 0 amide bonds. The highest BCUT2D eigenvalue weighted by atomic mass is 19.4. The van der Waals surface area contributed by atoms with Crippen LogP contribution in [0.15, 0.2) is 24.3 Å². The molecule has 1 fully saturated rings. The second-order valence-electron chi connectivity index (χ2n) is 6.09. The van der Waals surface area contributed by atoms with E-state index in [0.717, 1.165) is 18.4 Å². The van der Waals surface area contributed by atoms with Crippen LogP contribution < -0.4 is 0 Å². The van der Waals surface area contributed by atoms with Gasteiger partial charge in [-0.05, 0) is 49.1 Å². The number of hydrogen-bond acceptors (Lipinski definition) is 1. The summed E-state index contributed by atoms with van der Waals surface area (Å²) in [4.78, 5) is 0. The molecule has 1 aromatic carbocycles. The third-order valence-electron chi connectivity index (χ3n) is 4.54. The average Bonchev–Trinajstić information content (AvgIpc) is 2.47. The molecule has 2 rings (SSSR count). The maximum absolute atomic E-state index is 12.6. The van der Waals surface area contributed by atoms with Crippen molar-refractivity contribution in [3.63, 3.8) is 0 Å². The SMILES string of the molecule is CCCc1ccc(C(O)C2CCC(C(F)(F)F)CC2)cc1. The molecule has 21 heavy (non-hydrogen) atoms. The molecule has 4 heteroatoms. The van der Waals surface area contributed by atoms with E-state index in [1.165, 1.54) is 5.56 Å². The van der Waals surface area contributed by atoms with Gasteiger partial charge in [-0.2, -0.15) is 13.2 Å². The topological polar surface area (TPSA) is 20.2 Å². The molecule has 1 unspecified atom stereocenters. The van der Waals surface area contributed by atoms with Crippen molar-refractivity contribution in [3.8, 4) is 0 Å². The van der Waals surface area contributed by atoms with Crippen LogP contribution in [-0.4, -0.2) is 11.3 Å². The molecule has 0 aromatic heterocycles. The molecular formula is C17H23F3O. The number of rotatable bonds is 4. The Balaban J connectivity index is 1.93. The highest BCUT2D eigenvalue weighted by Gasteiger charge is 2.42. The number of benzene rings is 1. The van der Waals surface area contributed by atoms with Gasteiger partial charge in [-0.25, -0.2) is 0 Å². The van der Waals surface area contributed by atoms with Gasteiger partial charge >= 0.3 is 6.18 Å². The molecule has 0 radical (unpaired) electrons. The van der Waals surface area contributed by atoms with E-state index in [1.807, 2.05) is 24.3 Å². The van der Waals surface area contributed by atoms with Gasteiger partial charge in [-0.15, -0.1) is 0 Å². The van der Waals surface area contributed by atoms with Crippen LogP contribution in [0.25, 0.3) is 0 Å². The fourth-order valence-electron chi connectivity index (χ4n) is 3.20. The van der Waals surface area contributed by atoms with Gasteiger partial charge in [-0.1, -0.05) is 37.6 Å². The van der Waals surface area contributed by atoms with Crippen LogP contribution in [0.4, 0.5) is 13.2 Å². The molecule has 1 saturated carbocycles. The van der Waals surface area contributed by atoms with Crippen molar-refractivity contribution in [2.45, 2.75) is 57.7 Å². The molecule has 1 aliphatic rings. The number of halogens is 3. The molecule has 0 spiro atoms. The Labute approximate surface area is 124 Å². The molecular weight excluding hydrogens is 277 g/mol. The van der Waals surface area contributed by atoms with E-state index < -0.39 is 18.2 Å². The summed E-state index contributed by atoms with van der Waals surface area (Å²) in [5, 5.41) is 10.4. The molecule has 0 aliphatic heterocycles. The van der Waals surface area contributed by atoms with Crippen molar-refractivity contribution < 1.29 is 18.3 Å². The van der Waals surface area contributed by atoms with Crippen LogP contribution in [0.1, 0.15) is 56.3 Å². The Morgan fingerprint density at radius 3 is 2.14 bits per heavy atom. The molecule has 1 N–H and O–H groups in total. The van der Waals surface area contributed by atoms with Gasteiger partial charge in [0.2, 0.25) is 0 Å². The third kappa shape index (κ3) is 4.22. The summed E-state index contributed by atoms with van der Waals surface area (Å²) in [5.74, 6) is -1.24. The molecule has 1 nitrogen and oxygen atoms in total. The summed E-state index contributed by atoms with van der Waals surface area (Å²) < 4.78 is 37.9. The second-order valence-corrected chi connectivity index (χ2v) is 6.09. The van der Waals surface area contributed by atoms with Gasteiger partial charge in [0, 0.05) is 0 Å². The molecule has 1 aliphatic carbocycles. The summed E-state index contributed by atoms with van der Waals surface area (Å²) in [6, 6.07) is 7.82. The van der Waals surface area contributed by atoms with E-state index in [9.17, 15) is 18.3 Å². The summed E-state index contributed by atoms with van der Waals surface area (Å²) in [5.41, 5.74) is 2.06. The van der Waals surface area contributed by atoms with E-state index in [1.54, 1.807) is 0 Å². The minimum absolute atomic E-state index is 0.0550. The van der Waals surface area contributed by atoms with E-state index in [4.69, 9.17) is 0 Å². The van der Waals surface area contributed by atoms with Crippen molar-refractivity contribution in [3.05, 3.63) is 35.4 Å². The number of hydrogen-bond donors (Lipinski definition) is 1. The highest BCUT2D eigenvalue weighted by Crippen LogP contribution is 2.43. The molecule has 0 saturated heterocycles. The van der Waals surface area contributed by atoms with E-state index >= 15 is 0 Å². The Morgan fingerprint density at radius 1 is 1.10 bits per heavy atom. The average molecular weight is 300 g/mol. The quantitative estimate of drug-likeness (QED) is 0.825. The minimum atomic E-state index is -4.09. The van der Waals surface area contributed by atoms with E-state index in [2.05, 4.69) is 6.92 Å². The lowest BCUT2D eigenvalue weighted by Crippen LogP contribution is -2.29. The first kappa shape index (κ1) is 16.3. The van der Waals surface area contributed by atoms with E-state index in [0.29, 0.717) is 12.8 Å². The molecule has 118 valence electrons. The Hall–Kier alpha value is -1.03. The third-order valence-corrected chi connectivity index (χ3v) is 4.54. The smallest absolute Gasteiger partial charge is 0.388 e. The maximum atomic E-state index is 12.6. The predicted octanol–water partition coefficient (Wildman–Crippen LogP) is 5.04.